The Labute approximate surface area is 186 Å². The molecule has 1 fully saturated rings. The molecule has 0 aliphatic carbocycles. The molecule has 1 aliphatic heterocycles. The van der Waals surface area contributed by atoms with Crippen molar-refractivity contribution >= 4 is 23.8 Å². The van der Waals surface area contributed by atoms with Gasteiger partial charge in [0.2, 0.25) is 0 Å². The molecule has 0 spiro atoms. The number of esters is 1. The number of alkyl carbamates (subject to hydrolysis) is 1. The number of benzene rings is 2. The summed E-state index contributed by atoms with van der Waals surface area (Å²) in [6.07, 6.45) is 0.913. The fourth-order valence-corrected chi connectivity index (χ4v) is 3.47. The highest BCUT2D eigenvalue weighted by atomic mass is 16.6. The van der Waals surface area contributed by atoms with E-state index in [4.69, 9.17) is 4.74 Å². The van der Waals surface area contributed by atoms with Crippen molar-refractivity contribution in [3.05, 3.63) is 71.8 Å². The summed E-state index contributed by atoms with van der Waals surface area (Å²) < 4.78 is 4.76. The Balaban J connectivity index is 1.53. The van der Waals surface area contributed by atoms with Crippen molar-refractivity contribution < 1.29 is 23.9 Å². The van der Waals surface area contributed by atoms with Crippen LogP contribution in [0.4, 0.5) is 4.79 Å². The number of amides is 2. The Kier molecular flexibility index (Phi) is 8.51. The lowest BCUT2D eigenvalue weighted by Gasteiger charge is -2.18. The average molecular weight is 437 g/mol. The largest absolute Gasteiger partial charge is 0.414 e. The quantitative estimate of drug-likeness (QED) is 0.408. The monoisotopic (exact) mass is 437 g/mol. The van der Waals surface area contributed by atoms with Gasteiger partial charge in [-0.15, -0.1) is 0 Å². The van der Waals surface area contributed by atoms with Crippen molar-refractivity contribution in [1.82, 2.24) is 16.0 Å². The van der Waals surface area contributed by atoms with Crippen LogP contribution in [-0.4, -0.2) is 48.9 Å². The van der Waals surface area contributed by atoms with Gasteiger partial charge in [0.25, 0.3) is 5.91 Å². The zero-order chi connectivity index (χ0) is 22.8. The van der Waals surface area contributed by atoms with Gasteiger partial charge in [0.05, 0.1) is 6.04 Å². The molecule has 32 heavy (non-hydrogen) atoms. The Bertz CT molecular complexity index is 927. The molecule has 3 N–H and O–H groups in total. The molecular weight excluding hydrogens is 410 g/mol. The number of carbonyl (C=O) groups is 4. The lowest BCUT2D eigenvalue weighted by Crippen LogP contribution is -2.43. The van der Waals surface area contributed by atoms with Crippen LogP contribution >= 0.6 is 0 Å². The Hall–Kier alpha value is -3.52. The minimum absolute atomic E-state index is 0.00443. The van der Waals surface area contributed by atoms with Gasteiger partial charge in [-0.1, -0.05) is 48.5 Å². The van der Waals surface area contributed by atoms with Crippen LogP contribution in [0.25, 0.3) is 0 Å². The third-order valence-electron chi connectivity index (χ3n) is 5.19. The molecule has 3 rings (SSSR count). The van der Waals surface area contributed by atoms with Crippen molar-refractivity contribution in [2.24, 2.45) is 0 Å². The van der Waals surface area contributed by atoms with Crippen molar-refractivity contribution in [1.29, 1.82) is 0 Å². The van der Waals surface area contributed by atoms with E-state index in [1.807, 2.05) is 36.4 Å². The molecule has 8 heteroatoms. The predicted molar refractivity (Wildman–Crippen MR) is 118 cm³/mol. The molecule has 2 aromatic rings. The van der Waals surface area contributed by atoms with Crippen molar-refractivity contribution in [3.8, 4) is 0 Å². The normalized spacial score (nSPS) is 16.1. The summed E-state index contributed by atoms with van der Waals surface area (Å²) in [5.41, 5.74) is 1.36. The van der Waals surface area contributed by atoms with Gasteiger partial charge in [-0.05, 0) is 43.5 Å². The van der Waals surface area contributed by atoms with E-state index in [-0.39, 0.29) is 24.7 Å². The van der Waals surface area contributed by atoms with Gasteiger partial charge >= 0.3 is 12.1 Å². The van der Waals surface area contributed by atoms with Crippen LogP contribution in [-0.2, 0) is 20.7 Å². The molecular formula is C24H27N3O5. The van der Waals surface area contributed by atoms with Gasteiger partial charge in [-0.3, -0.25) is 9.59 Å². The number of hydrogen-bond acceptors (Lipinski definition) is 6. The first-order valence-electron chi connectivity index (χ1n) is 10.7. The number of ether oxygens (including phenoxy) is 1. The van der Waals surface area contributed by atoms with Crippen LogP contribution in [0.2, 0.25) is 0 Å². The number of carbonyl (C=O) groups excluding carboxylic acids is 4. The predicted octanol–water partition coefficient (Wildman–Crippen LogP) is 1.99. The standard InChI is InChI=1S/C24H27N3O5/c28-21(13-15-26-24(31)32-23(30)19-12-7-14-25-19)20(16-17-8-3-1-4-9-17)27-22(29)18-10-5-2-6-11-18/h1-6,8-11,19-20,25H,7,12-16H2,(H,26,31)(H,27,29)/t19-,20-/m0/s1. The van der Waals surface area contributed by atoms with Crippen molar-refractivity contribution in [2.45, 2.75) is 37.8 Å². The highest BCUT2D eigenvalue weighted by Gasteiger charge is 2.26. The maximum Gasteiger partial charge on any atom is 0.414 e. The lowest BCUT2D eigenvalue weighted by molar-refractivity contribution is -0.139. The van der Waals surface area contributed by atoms with Crippen LogP contribution in [0.15, 0.2) is 60.7 Å². The zero-order valence-electron chi connectivity index (χ0n) is 17.7. The SMILES string of the molecule is O=C(NCCC(=O)[C@H](Cc1ccccc1)NC(=O)c1ccccc1)OC(=O)[C@@H]1CCCN1. The molecule has 0 unspecified atom stereocenters. The second kappa shape index (κ2) is 11.8. The fraction of sp³-hybridized carbons (Fsp3) is 0.333. The van der Waals surface area contributed by atoms with Crippen molar-refractivity contribution in [2.75, 3.05) is 13.1 Å². The van der Waals surface area contributed by atoms with Gasteiger partial charge in [0.1, 0.15) is 6.04 Å². The first-order valence-corrected chi connectivity index (χ1v) is 10.7. The topological polar surface area (TPSA) is 114 Å². The molecule has 2 aromatic carbocycles. The van der Waals surface area contributed by atoms with Crippen LogP contribution in [0.5, 0.6) is 0 Å². The van der Waals surface area contributed by atoms with E-state index in [1.165, 1.54) is 0 Å². The smallest absolute Gasteiger partial charge is 0.375 e. The maximum atomic E-state index is 12.8. The second-order valence-electron chi connectivity index (χ2n) is 7.58. The highest BCUT2D eigenvalue weighted by Crippen LogP contribution is 2.08. The summed E-state index contributed by atoms with van der Waals surface area (Å²) in [6.45, 7) is 0.711. The summed E-state index contributed by atoms with van der Waals surface area (Å²) in [6, 6.07) is 16.8. The molecule has 0 radical (unpaired) electrons. The summed E-state index contributed by atoms with van der Waals surface area (Å²) in [5, 5.41) is 8.18. The number of nitrogens with one attached hydrogen (secondary N) is 3. The van der Waals surface area contributed by atoms with E-state index in [0.717, 1.165) is 12.0 Å². The summed E-state index contributed by atoms with van der Waals surface area (Å²) in [4.78, 5) is 49.1. The van der Waals surface area contributed by atoms with Gasteiger partial charge < -0.3 is 20.7 Å². The summed E-state index contributed by atoms with van der Waals surface area (Å²) >= 11 is 0. The molecule has 2 amide bonds. The molecule has 168 valence electrons. The van der Waals surface area contributed by atoms with Crippen LogP contribution < -0.4 is 16.0 Å². The Morgan fingerprint density at radius 3 is 2.34 bits per heavy atom. The van der Waals surface area contributed by atoms with Crippen LogP contribution in [0.1, 0.15) is 35.2 Å². The molecule has 0 saturated carbocycles. The molecule has 0 bridgehead atoms. The van der Waals surface area contributed by atoms with E-state index in [2.05, 4.69) is 16.0 Å². The average Bonchev–Trinajstić information content (AvgIpc) is 3.35. The zero-order valence-corrected chi connectivity index (χ0v) is 17.7. The highest BCUT2D eigenvalue weighted by molar-refractivity contribution is 5.98. The number of hydrogen-bond donors (Lipinski definition) is 3. The van der Waals surface area contributed by atoms with Gasteiger partial charge in [-0.2, -0.15) is 0 Å². The number of ketones is 1. The van der Waals surface area contributed by atoms with E-state index < -0.39 is 24.1 Å². The third kappa shape index (κ3) is 7.02. The van der Waals surface area contributed by atoms with E-state index in [1.54, 1.807) is 24.3 Å². The first kappa shape index (κ1) is 23.1. The van der Waals surface area contributed by atoms with Gasteiger partial charge in [0.15, 0.2) is 5.78 Å². The molecule has 8 nitrogen and oxygen atoms in total. The minimum Gasteiger partial charge on any atom is -0.375 e. The summed E-state index contributed by atoms with van der Waals surface area (Å²) in [7, 11) is 0. The van der Waals surface area contributed by atoms with E-state index >= 15 is 0 Å². The lowest BCUT2D eigenvalue weighted by atomic mass is 10.00. The van der Waals surface area contributed by atoms with E-state index in [0.29, 0.717) is 24.9 Å². The van der Waals surface area contributed by atoms with Gasteiger partial charge in [-0.25, -0.2) is 9.59 Å². The molecule has 2 atom stereocenters. The molecule has 1 heterocycles. The molecule has 1 aliphatic rings. The maximum absolute atomic E-state index is 12.8. The number of Topliss-reactive ketones (excluding diaryl/α,β-unsaturated/α-hetero) is 1. The molecule has 1 saturated heterocycles. The van der Waals surface area contributed by atoms with Crippen LogP contribution in [0, 0.1) is 0 Å². The number of rotatable bonds is 9. The second-order valence-corrected chi connectivity index (χ2v) is 7.58. The van der Waals surface area contributed by atoms with Crippen LogP contribution in [0.3, 0.4) is 0 Å². The summed E-state index contributed by atoms with van der Waals surface area (Å²) in [5.74, 6) is -1.20. The Morgan fingerprint density at radius 1 is 1.00 bits per heavy atom. The van der Waals surface area contributed by atoms with E-state index in [9.17, 15) is 19.2 Å². The third-order valence-corrected chi connectivity index (χ3v) is 5.19. The first-order chi connectivity index (χ1) is 15.5. The van der Waals surface area contributed by atoms with Gasteiger partial charge in [0, 0.05) is 18.5 Å². The molecule has 0 aromatic heterocycles. The fourth-order valence-electron chi connectivity index (χ4n) is 3.47. The Morgan fingerprint density at radius 2 is 1.69 bits per heavy atom. The minimum atomic E-state index is -0.885. The van der Waals surface area contributed by atoms with Crippen molar-refractivity contribution in [3.63, 3.8) is 0 Å².